The fourth-order valence-corrected chi connectivity index (χ4v) is 5.09. The van der Waals surface area contributed by atoms with Crippen LogP contribution in [0, 0.1) is 0 Å². The summed E-state index contributed by atoms with van der Waals surface area (Å²) >= 11 is 6.33. The fourth-order valence-electron chi connectivity index (χ4n) is 4.29. The van der Waals surface area contributed by atoms with Crippen molar-refractivity contribution in [2.45, 2.75) is 31.8 Å². The molecule has 0 spiro atoms. The number of amides is 1. The minimum absolute atomic E-state index is 0.0473. The molecular weight excluding hydrogens is 530 g/mol. The van der Waals surface area contributed by atoms with Gasteiger partial charge in [-0.3, -0.25) is 19.3 Å². The van der Waals surface area contributed by atoms with Gasteiger partial charge in [0, 0.05) is 23.5 Å². The number of pyridine rings is 2. The minimum atomic E-state index is -3.51. The Hall–Kier alpha value is -4.03. The first kappa shape index (κ1) is 25.6. The van der Waals surface area contributed by atoms with Crippen molar-refractivity contribution >= 4 is 49.8 Å². The van der Waals surface area contributed by atoms with Crippen LogP contribution in [0.15, 0.2) is 53.7 Å². The van der Waals surface area contributed by atoms with E-state index in [0.29, 0.717) is 27.1 Å². The van der Waals surface area contributed by atoms with E-state index in [-0.39, 0.29) is 34.5 Å². The van der Waals surface area contributed by atoms with E-state index in [9.17, 15) is 18.0 Å². The van der Waals surface area contributed by atoms with Crippen LogP contribution in [-0.4, -0.2) is 40.1 Å². The Morgan fingerprint density at radius 1 is 1.21 bits per heavy atom. The van der Waals surface area contributed by atoms with Crippen molar-refractivity contribution in [3.05, 3.63) is 75.7 Å². The Labute approximate surface area is 223 Å². The number of nitrogens with zero attached hydrogens (tertiary/aromatic N) is 4. The maximum atomic E-state index is 13.4. The first-order chi connectivity index (χ1) is 18.0. The zero-order chi connectivity index (χ0) is 27.2. The number of aromatic nitrogens is 4. The predicted molar refractivity (Wildman–Crippen MR) is 146 cm³/mol. The van der Waals surface area contributed by atoms with Gasteiger partial charge in [0.15, 0.2) is 11.5 Å². The zero-order valence-electron chi connectivity index (χ0n) is 20.5. The Balaban J connectivity index is 1.47. The molecule has 1 aliphatic carbocycles. The van der Waals surface area contributed by atoms with Crippen LogP contribution in [0.25, 0.3) is 22.0 Å². The van der Waals surface area contributed by atoms with E-state index in [4.69, 9.17) is 17.3 Å². The Kier molecular flexibility index (Phi) is 6.53. The van der Waals surface area contributed by atoms with Crippen LogP contribution in [0.1, 0.15) is 48.0 Å². The lowest BCUT2D eigenvalue weighted by Crippen LogP contribution is -2.33. The monoisotopic (exact) mass is 553 g/mol. The number of benzene rings is 1. The second-order valence-corrected chi connectivity index (χ2v) is 11.4. The summed E-state index contributed by atoms with van der Waals surface area (Å²) in [7, 11) is -3.51. The molecule has 1 atom stereocenters. The highest BCUT2D eigenvalue weighted by Gasteiger charge is 2.30. The van der Waals surface area contributed by atoms with Gasteiger partial charge in [-0.1, -0.05) is 23.7 Å². The van der Waals surface area contributed by atoms with E-state index in [0.717, 1.165) is 19.1 Å². The lowest BCUT2D eigenvalue weighted by molar-refractivity contribution is 0.0934. The second kappa shape index (κ2) is 9.69. The van der Waals surface area contributed by atoms with Gasteiger partial charge in [0.2, 0.25) is 10.0 Å². The molecule has 0 bridgehead atoms. The molecule has 1 fully saturated rings. The SMILES string of the molecule is C[C@H](NC(=O)c1nc(-c2cncc(NS(C)(=O)=O)c2)cnc1N)c1cc2cccc(Cl)c2c(=O)n1C1CC1. The van der Waals surface area contributed by atoms with E-state index in [2.05, 4.69) is 25.0 Å². The molecule has 1 aromatic carbocycles. The molecule has 1 aliphatic rings. The summed E-state index contributed by atoms with van der Waals surface area (Å²) in [5.74, 6) is -0.662. The number of halogens is 1. The number of hydrogen-bond acceptors (Lipinski definition) is 8. The van der Waals surface area contributed by atoms with Crippen LogP contribution < -0.4 is 21.3 Å². The molecule has 11 nitrogen and oxygen atoms in total. The summed E-state index contributed by atoms with van der Waals surface area (Å²) in [6.45, 7) is 1.78. The summed E-state index contributed by atoms with van der Waals surface area (Å²) in [6.07, 6.45) is 6.94. The predicted octanol–water partition coefficient (Wildman–Crippen LogP) is 3.29. The van der Waals surface area contributed by atoms with Gasteiger partial charge in [-0.05, 0) is 43.4 Å². The van der Waals surface area contributed by atoms with Crippen LogP contribution in [0.2, 0.25) is 5.02 Å². The quantitative estimate of drug-likeness (QED) is 0.314. The molecule has 1 saturated carbocycles. The molecule has 4 N–H and O–H groups in total. The highest BCUT2D eigenvalue weighted by molar-refractivity contribution is 7.92. The molecule has 3 aromatic heterocycles. The van der Waals surface area contributed by atoms with E-state index >= 15 is 0 Å². The van der Waals surface area contributed by atoms with Gasteiger partial charge in [-0.25, -0.2) is 18.4 Å². The second-order valence-electron chi connectivity index (χ2n) is 9.20. The highest BCUT2D eigenvalue weighted by Crippen LogP contribution is 2.37. The number of sulfonamides is 1. The van der Waals surface area contributed by atoms with Gasteiger partial charge < -0.3 is 15.6 Å². The topological polar surface area (TPSA) is 162 Å². The first-order valence-corrected chi connectivity index (χ1v) is 14.0. The molecule has 0 unspecified atom stereocenters. The first-order valence-electron chi connectivity index (χ1n) is 11.7. The maximum absolute atomic E-state index is 13.4. The molecule has 13 heteroatoms. The van der Waals surface area contributed by atoms with Crippen molar-refractivity contribution in [3.8, 4) is 11.3 Å². The van der Waals surface area contributed by atoms with Crippen LogP contribution >= 0.6 is 11.6 Å². The van der Waals surface area contributed by atoms with Crippen LogP contribution in [0.3, 0.4) is 0 Å². The van der Waals surface area contributed by atoms with E-state index in [1.807, 2.05) is 12.1 Å². The van der Waals surface area contributed by atoms with Crippen LogP contribution in [0.5, 0.6) is 0 Å². The zero-order valence-corrected chi connectivity index (χ0v) is 22.0. The Morgan fingerprint density at radius 3 is 2.68 bits per heavy atom. The molecule has 3 heterocycles. The number of carbonyl (C=O) groups excluding carboxylic acids is 1. The van der Waals surface area contributed by atoms with Gasteiger partial charge in [0.25, 0.3) is 11.5 Å². The fraction of sp³-hybridized carbons (Fsp3) is 0.240. The number of anilines is 2. The Bertz CT molecular complexity index is 1750. The molecule has 0 aliphatic heterocycles. The molecule has 0 radical (unpaired) electrons. The van der Waals surface area contributed by atoms with Gasteiger partial charge in [0.05, 0.1) is 46.5 Å². The highest BCUT2D eigenvalue weighted by atomic mass is 35.5. The average Bonchev–Trinajstić information content (AvgIpc) is 3.68. The molecular formula is C25H24ClN7O4S. The third kappa shape index (κ3) is 5.18. The normalized spacial score (nSPS) is 14.3. The van der Waals surface area contributed by atoms with Crippen molar-refractivity contribution in [2.75, 3.05) is 16.7 Å². The van der Waals surface area contributed by atoms with Crippen molar-refractivity contribution in [2.24, 2.45) is 0 Å². The van der Waals surface area contributed by atoms with Crippen LogP contribution in [0.4, 0.5) is 11.5 Å². The lowest BCUT2D eigenvalue weighted by atomic mass is 10.1. The van der Waals surface area contributed by atoms with Crippen molar-refractivity contribution in [1.29, 1.82) is 0 Å². The van der Waals surface area contributed by atoms with Gasteiger partial charge in [-0.15, -0.1) is 0 Å². The number of hydrogen-bond donors (Lipinski definition) is 3. The summed E-state index contributed by atoms with van der Waals surface area (Å²) in [6, 6.07) is 8.14. The number of nitrogen functional groups attached to an aromatic ring is 1. The van der Waals surface area contributed by atoms with Crippen LogP contribution in [-0.2, 0) is 10.0 Å². The third-order valence-electron chi connectivity index (χ3n) is 6.12. The van der Waals surface area contributed by atoms with Gasteiger partial charge in [0.1, 0.15) is 0 Å². The smallest absolute Gasteiger partial charge is 0.274 e. The average molecular weight is 554 g/mol. The summed E-state index contributed by atoms with van der Waals surface area (Å²) in [4.78, 5) is 39.1. The molecule has 4 aromatic rings. The van der Waals surface area contributed by atoms with E-state index < -0.39 is 22.0 Å². The summed E-state index contributed by atoms with van der Waals surface area (Å²) < 4.78 is 27.2. The standard InChI is InChI=1S/C25H24ClN7O4S/c1-13(20-9-14-4-3-5-18(26)21(14)25(35)33(20)17-6-7-17)30-24(34)22-23(27)29-12-19(31-22)15-8-16(11-28-10-15)32-38(2,36)37/h3-5,8-13,17,32H,6-7H2,1-2H3,(H2,27,29)(H,30,34)/t13-/m0/s1. The van der Waals surface area contributed by atoms with E-state index in [1.165, 1.54) is 24.7 Å². The largest absolute Gasteiger partial charge is 0.382 e. The minimum Gasteiger partial charge on any atom is -0.382 e. The van der Waals surface area contributed by atoms with E-state index in [1.54, 1.807) is 23.6 Å². The summed E-state index contributed by atoms with van der Waals surface area (Å²) in [5.41, 5.74) is 7.27. The number of rotatable bonds is 7. The third-order valence-corrected chi connectivity index (χ3v) is 7.04. The van der Waals surface area contributed by atoms with Crippen molar-refractivity contribution in [3.63, 3.8) is 0 Å². The molecule has 196 valence electrons. The number of fused-ring (bicyclic) bond motifs is 1. The number of nitrogens with one attached hydrogen (secondary N) is 2. The number of nitrogens with two attached hydrogens (primary N) is 1. The molecule has 5 rings (SSSR count). The number of carbonyl (C=O) groups is 1. The Morgan fingerprint density at radius 2 is 1.97 bits per heavy atom. The van der Waals surface area contributed by atoms with Crippen molar-refractivity contribution < 1.29 is 13.2 Å². The van der Waals surface area contributed by atoms with Gasteiger partial charge in [-0.2, -0.15) is 0 Å². The summed E-state index contributed by atoms with van der Waals surface area (Å²) in [5, 5.41) is 4.41. The van der Waals surface area contributed by atoms with Gasteiger partial charge >= 0.3 is 0 Å². The lowest BCUT2D eigenvalue weighted by Gasteiger charge is -2.21. The molecule has 38 heavy (non-hydrogen) atoms. The maximum Gasteiger partial charge on any atom is 0.274 e. The molecule has 0 saturated heterocycles. The van der Waals surface area contributed by atoms with Crippen molar-refractivity contribution in [1.82, 2.24) is 24.8 Å². The molecule has 1 amide bonds.